The van der Waals surface area contributed by atoms with Crippen LogP contribution in [0.3, 0.4) is 0 Å². The highest BCUT2D eigenvalue weighted by molar-refractivity contribution is 6.06. The Morgan fingerprint density at radius 1 is 0.660 bits per heavy atom. The van der Waals surface area contributed by atoms with E-state index in [1.54, 1.807) is 18.2 Å². The number of fused-ring (bicyclic) bond motifs is 5. The van der Waals surface area contributed by atoms with E-state index in [0.717, 1.165) is 52.7 Å². The summed E-state index contributed by atoms with van der Waals surface area (Å²) in [5.74, 6) is 0.569. The summed E-state index contributed by atoms with van der Waals surface area (Å²) in [7, 11) is 0. The Morgan fingerprint density at radius 3 is 2.23 bits per heavy atom. The van der Waals surface area contributed by atoms with Crippen molar-refractivity contribution in [2.24, 2.45) is 0 Å². The van der Waals surface area contributed by atoms with Crippen molar-refractivity contribution in [2.45, 2.75) is 12.6 Å². The van der Waals surface area contributed by atoms with Gasteiger partial charge in [0, 0.05) is 27.9 Å². The molecule has 1 amide bonds. The van der Waals surface area contributed by atoms with Gasteiger partial charge in [-0.2, -0.15) is 13.2 Å². The van der Waals surface area contributed by atoms with E-state index < -0.39 is 17.6 Å². The standard InChI is InChI=1S/C39H25F3N4O/c40-39(41,42)29-13-11-24(12-14-29)38(47)44-31-16-18-35-34(22-31)37(46-36(45-35)27-10-9-23-5-1-2-6-25(23)19-27)43-30-15-17-33-28(21-30)20-26-7-3-4-8-32(26)33/h1-19,21-22H,20H2,(H,44,47)(H,43,45,46). The lowest BCUT2D eigenvalue weighted by atomic mass is 10.1. The average Bonchev–Trinajstić information content (AvgIpc) is 3.45. The molecule has 5 nitrogen and oxygen atoms in total. The Bertz CT molecular complexity index is 2350. The van der Waals surface area contributed by atoms with Gasteiger partial charge in [-0.1, -0.05) is 66.7 Å². The van der Waals surface area contributed by atoms with E-state index in [1.807, 2.05) is 36.4 Å². The normalized spacial score (nSPS) is 12.1. The molecular weight excluding hydrogens is 597 g/mol. The van der Waals surface area contributed by atoms with Crippen molar-refractivity contribution in [3.63, 3.8) is 0 Å². The van der Waals surface area contributed by atoms with Crippen LogP contribution in [0.4, 0.5) is 30.4 Å². The number of hydrogen-bond acceptors (Lipinski definition) is 4. The Labute approximate surface area is 267 Å². The fourth-order valence-electron chi connectivity index (χ4n) is 6.13. The topological polar surface area (TPSA) is 66.9 Å². The zero-order valence-corrected chi connectivity index (χ0v) is 24.8. The van der Waals surface area contributed by atoms with Crippen LogP contribution in [-0.2, 0) is 12.6 Å². The van der Waals surface area contributed by atoms with Crippen LogP contribution in [0.1, 0.15) is 27.0 Å². The van der Waals surface area contributed by atoms with Gasteiger partial charge in [-0.3, -0.25) is 4.79 Å². The van der Waals surface area contributed by atoms with Gasteiger partial charge in [-0.25, -0.2) is 9.97 Å². The number of benzene rings is 6. The molecule has 0 saturated carbocycles. The smallest absolute Gasteiger partial charge is 0.340 e. The summed E-state index contributed by atoms with van der Waals surface area (Å²) in [6, 6.07) is 38.3. The minimum absolute atomic E-state index is 0.110. The number of halogens is 3. The fraction of sp³-hybridized carbons (Fsp3) is 0.0513. The molecule has 7 aromatic rings. The van der Waals surface area contributed by atoms with Crippen molar-refractivity contribution < 1.29 is 18.0 Å². The first-order valence-electron chi connectivity index (χ1n) is 15.1. The number of nitrogens with zero attached hydrogens (tertiary/aromatic N) is 2. The Hall–Kier alpha value is -6.02. The van der Waals surface area contributed by atoms with Crippen LogP contribution in [0.15, 0.2) is 127 Å². The maximum atomic E-state index is 13.0. The quantitative estimate of drug-likeness (QED) is 0.201. The first-order valence-corrected chi connectivity index (χ1v) is 15.1. The Balaban J connectivity index is 1.17. The van der Waals surface area contributed by atoms with Crippen LogP contribution in [0, 0.1) is 0 Å². The molecule has 8 heteroatoms. The second-order valence-electron chi connectivity index (χ2n) is 11.5. The van der Waals surface area contributed by atoms with Crippen LogP contribution < -0.4 is 10.6 Å². The maximum Gasteiger partial charge on any atom is 0.416 e. The van der Waals surface area contributed by atoms with E-state index in [4.69, 9.17) is 9.97 Å². The van der Waals surface area contributed by atoms with Gasteiger partial charge in [0.05, 0.1) is 11.1 Å². The molecule has 1 aromatic heterocycles. The molecule has 228 valence electrons. The highest BCUT2D eigenvalue weighted by Crippen LogP contribution is 2.39. The monoisotopic (exact) mass is 622 g/mol. The van der Waals surface area contributed by atoms with Crippen molar-refractivity contribution >= 4 is 44.8 Å². The number of carbonyl (C=O) groups excluding carboxylic acids is 1. The highest BCUT2D eigenvalue weighted by Gasteiger charge is 2.30. The van der Waals surface area contributed by atoms with Crippen LogP contribution in [0.2, 0.25) is 0 Å². The highest BCUT2D eigenvalue weighted by atomic mass is 19.4. The molecule has 1 heterocycles. The SMILES string of the molecule is O=C(Nc1ccc2nc(-c3ccc4ccccc4c3)nc(Nc3ccc4c(c3)Cc3ccccc3-4)c2c1)c1ccc(C(F)(F)F)cc1. The molecule has 6 aromatic carbocycles. The van der Waals surface area contributed by atoms with Gasteiger partial charge < -0.3 is 10.6 Å². The minimum Gasteiger partial charge on any atom is -0.340 e. The molecule has 47 heavy (non-hydrogen) atoms. The second kappa shape index (κ2) is 11.1. The number of carbonyl (C=O) groups is 1. The van der Waals surface area contributed by atoms with Gasteiger partial charge in [-0.15, -0.1) is 0 Å². The van der Waals surface area contributed by atoms with Crippen LogP contribution in [0.25, 0.3) is 44.2 Å². The molecule has 0 aliphatic heterocycles. The molecule has 0 unspecified atom stereocenters. The first kappa shape index (κ1) is 28.5. The lowest BCUT2D eigenvalue weighted by Gasteiger charge is -2.14. The fourth-order valence-corrected chi connectivity index (χ4v) is 6.13. The summed E-state index contributed by atoms with van der Waals surface area (Å²) in [4.78, 5) is 22.9. The molecule has 8 rings (SSSR count). The molecule has 0 atom stereocenters. The van der Waals surface area contributed by atoms with Gasteiger partial charge in [0.25, 0.3) is 5.91 Å². The summed E-state index contributed by atoms with van der Waals surface area (Å²) in [6.07, 6.45) is -3.64. The molecule has 0 radical (unpaired) electrons. The van der Waals surface area contributed by atoms with E-state index in [2.05, 4.69) is 59.2 Å². The lowest BCUT2D eigenvalue weighted by Crippen LogP contribution is -2.13. The molecule has 2 N–H and O–H groups in total. The number of amides is 1. The average molecular weight is 623 g/mol. The lowest BCUT2D eigenvalue weighted by molar-refractivity contribution is -0.137. The summed E-state index contributed by atoms with van der Waals surface area (Å²) in [5, 5.41) is 9.18. The van der Waals surface area contributed by atoms with E-state index in [-0.39, 0.29) is 5.56 Å². The van der Waals surface area contributed by atoms with Crippen molar-refractivity contribution in [1.82, 2.24) is 9.97 Å². The van der Waals surface area contributed by atoms with Crippen molar-refractivity contribution in [3.8, 4) is 22.5 Å². The van der Waals surface area contributed by atoms with E-state index in [0.29, 0.717) is 28.2 Å². The van der Waals surface area contributed by atoms with Gasteiger partial charge in [-0.05, 0) is 100 Å². The number of rotatable bonds is 5. The van der Waals surface area contributed by atoms with E-state index in [9.17, 15) is 18.0 Å². The van der Waals surface area contributed by atoms with Crippen LogP contribution >= 0.6 is 0 Å². The number of aromatic nitrogens is 2. The molecule has 0 saturated heterocycles. The Kier molecular flexibility index (Phi) is 6.72. The predicted octanol–water partition coefficient (Wildman–Crippen LogP) is 10.0. The largest absolute Gasteiger partial charge is 0.416 e. The maximum absolute atomic E-state index is 13.0. The second-order valence-corrected chi connectivity index (χ2v) is 11.5. The molecule has 0 fully saturated rings. The summed E-state index contributed by atoms with van der Waals surface area (Å²) >= 11 is 0. The summed E-state index contributed by atoms with van der Waals surface area (Å²) < 4.78 is 39.1. The van der Waals surface area contributed by atoms with Crippen LogP contribution in [-0.4, -0.2) is 15.9 Å². The molecule has 0 bridgehead atoms. The van der Waals surface area contributed by atoms with Gasteiger partial charge in [0.15, 0.2) is 5.82 Å². The van der Waals surface area contributed by atoms with Crippen molar-refractivity contribution in [2.75, 3.05) is 10.6 Å². The molecule has 1 aliphatic carbocycles. The van der Waals surface area contributed by atoms with E-state index in [1.165, 1.54) is 22.3 Å². The number of alkyl halides is 3. The van der Waals surface area contributed by atoms with Gasteiger partial charge in [0.1, 0.15) is 5.82 Å². The first-order chi connectivity index (χ1) is 22.8. The van der Waals surface area contributed by atoms with Crippen molar-refractivity contribution in [1.29, 1.82) is 0 Å². The predicted molar refractivity (Wildman–Crippen MR) is 180 cm³/mol. The van der Waals surface area contributed by atoms with Crippen molar-refractivity contribution in [3.05, 3.63) is 150 Å². The van der Waals surface area contributed by atoms with Crippen LogP contribution in [0.5, 0.6) is 0 Å². The molecular formula is C39H25F3N4O. The number of anilines is 3. The Morgan fingerprint density at radius 2 is 1.40 bits per heavy atom. The van der Waals surface area contributed by atoms with Gasteiger partial charge >= 0.3 is 6.18 Å². The molecule has 1 aliphatic rings. The zero-order valence-electron chi connectivity index (χ0n) is 24.8. The summed E-state index contributed by atoms with van der Waals surface area (Å²) in [6.45, 7) is 0. The van der Waals surface area contributed by atoms with Gasteiger partial charge in [0.2, 0.25) is 0 Å². The minimum atomic E-state index is -4.48. The third-order valence-corrected chi connectivity index (χ3v) is 8.49. The summed E-state index contributed by atoms with van der Waals surface area (Å²) in [5.41, 5.74) is 7.09. The zero-order chi connectivity index (χ0) is 32.1. The molecule has 0 spiro atoms. The number of hydrogen-bond donors (Lipinski definition) is 2. The number of nitrogens with one attached hydrogen (secondary N) is 2. The third kappa shape index (κ3) is 5.44. The third-order valence-electron chi connectivity index (χ3n) is 8.49. The van der Waals surface area contributed by atoms with E-state index >= 15 is 0 Å².